The van der Waals surface area contributed by atoms with Crippen LogP contribution < -0.4 is 10.6 Å². The van der Waals surface area contributed by atoms with Crippen LogP contribution in [0.1, 0.15) is 22.8 Å². The topological polar surface area (TPSA) is 67.4 Å². The molecule has 0 radical (unpaired) electrons. The zero-order valence-corrected chi connectivity index (χ0v) is 12.6. The molecule has 5 heteroatoms. The number of hydrogen-bond donors (Lipinski definition) is 2. The van der Waals surface area contributed by atoms with E-state index in [0.717, 1.165) is 5.56 Å². The molecule has 5 nitrogen and oxygen atoms in total. The second-order valence-electron chi connectivity index (χ2n) is 4.84. The smallest absolute Gasteiger partial charge is 0.323 e. The molecule has 0 aromatic heterocycles. The number of anilines is 2. The Labute approximate surface area is 129 Å². The molecule has 0 saturated carbocycles. The maximum Gasteiger partial charge on any atom is 0.323 e. The van der Waals surface area contributed by atoms with Gasteiger partial charge < -0.3 is 15.4 Å². The van der Waals surface area contributed by atoms with Crippen molar-refractivity contribution in [2.24, 2.45) is 0 Å². The van der Waals surface area contributed by atoms with Gasteiger partial charge in [0.1, 0.15) is 0 Å². The van der Waals surface area contributed by atoms with Gasteiger partial charge in [0.15, 0.2) is 5.78 Å². The summed E-state index contributed by atoms with van der Waals surface area (Å²) in [5, 5.41) is 5.45. The van der Waals surface area contributed by atoms with Crippen LogP contribution in [0.25, 0.3) is 0 Å². The van der Waals surface area contributed by atoms with Crippen LogP contribution in [0, 0.1) is 0 Å². The molecule has 0 bridgehead atoms. The number of amides is 2. The summed E-state index contributed by atoms with van der Waals surface area (Å²) in [7, 11) is 1.64. The number of benzene rings is 2. The van der Waals surface area contributed by atoms with E-state index in [2.05, 4.69) is 10.6 Å². The SMILES string of the molecule is COCc1ccc(NC(=O)Nc2ccc(C(C)=O)cc2)cc1. The molecule has 2 amide bonds. The Bertz CT molecular complexity index is 649. The third-order valence-electron chi connectivity index (χ3n) is 3.07. The minimum Gasteiger partial charge on any atom is -0.380 e. The summed E-state index contributed by atoms with van der Waals surface area (Å²) in [6.07, 6.45) is 0. The summed E-state index contributed by atoms with van der Waals surface area (Å²) in [5.74, 6) is -0.00727. The Morgan fingerprint density at radius 3 is 1.86 bits per heavy atom. The van der Waals surface area contributed by atoms with Gasteiger partial charge in [0.05, 0.1) is 6.61 Å². The van der Waals surface area contributed by atoms with E-state index in [0.29, 0.717) is 23.5 Å². The fraction of sp³-hybridized carbons (Fsp3) is 0.176. The molecule has 2 N–H and O–H groups in total. The third kappa shape index (κ3) is 4.43. The standard InChI is InChI=1S/C17H18N2O3/c1-12(20)14-5-9-16(10-6-14)19-17(21)18-15-7-3-13(4-8-15)11-22-2/h3-10H,11H2,1-2H3,(H2,18,19,21). The molecule has 0 heterocycles. The Kier molecular flexibility index (Phi) is 5.27. The molecule has 2 rings (SSSR count). The van der Waals surface area contributed by atoms with Crippen molar-refractivity contribution in [2.75, 3.05) is 17.7 Å². The van der Waals surface area contributed by atoms with Crippen LogP contribution in [0.3, 0.4) is 0 Å². The lowest BCUT2D eigenvalue weighted by molar-refractivity contribution is 0.101. The summed E-state index contributed by atoms with van der Waals surface area (Å²) in [4.78, 5) is 23.1. The predicted molar refractivity (Wildman–Crippen MR) is 86.2 cm³/mol. The van der Waals surface area contributed by atoms with Crippen molar-refractivity contribution in [2.45, 2.75) is 13.5 Å². The number of ether oxygens (including phenoxy) is 1. The van der Waals surface area contributed by atoms with Crippen molar-refractivity contribution in [3.63, 3.8) is 0 Å². The largest absolute Gasteiger partial charge is 0.380 e. The van der Waals surface area contributed by atoms with E-state index in [9.17, 15) is 9.59 Å². The molecule has 114 valence electrons. The minimum atomic E-state index is -0.338. The number of carbonyl (C=O) groups excluding carboxylic acids is 2. The van der Waals surface area contributed by atoms with Crippen LogP contribution in [0.4, 0.5) is 16.2 Å². The molecular formula is C17H18N2O3. The van der Waals surface area contributed by atoms with Crippen molar-refractivity contribution in [3.05, 3.63) is 59.7 Å². The number of urea groups is 1. The Morgan fingerprint density at radius 2 is 1.41 bits per heavy atom. The second kappa shape index (κ2) is 7.38. The molecular weight excluding hydrogens is 280 g/mol. The summed E-state index contributed by atoms with van der Waals surface area (Å²) in [6.45, 7) is 2.04. The Morgan fingerprint density at radius 1 is 0.909 bits per heavy atom. The van der Waals surface area contributed by atoms with Crippen molar-refractivity contribution in [1.29, 1.82) is 0 Å². The molecule has 0 saturated heterocycles. The van der Waals surface area contributed by atoms with Gasteiger partial charge in [0.25, 0.3) is 0 Å². The van der Waals surface area contributed by atoms with Gasteiger partial charge in [0.2, 0.25) is 0 Å². The first kappa shape index (κ1) is 15.7. The van der Waals surface area contributed by atoms with Crippen LogP contribution in [0.5, 0.6) is 0 Å². The van der Waals surface area contributed by atoms with Crippen molar-refractivity contribution in [1.82, 2.24) is 0 Å². The van der Waals surface area contributed by atoms with Crippen molar-refractivity contribution in [3.8, 4) is 0 Å². The highest BCUT2D eigenvalue weighted by molar-refractivity contribution is 6.00. The van der Waals surface area contributed by atoms with Crippen molar-refractivity contribution >= 4 is 23.2 Å². The van der Waals surface area contributed by atoms with Gasteiger partial charge >= 0.3 is 6.03 Å². The zero-order chi connectivity index (χ0) is 15.9. The summed E-state index contributed by atoms with van der Waals surface area (Å²) in [6, 6.07) is 13.8. The average molecular weight is 298 g/mol. The fourth-order valence-electron chi connectivity index (χ4n) is 1.93. The summed E-state index contributed by atoms with van der Waals surface area (Å²) in [5.41, 5.74) is 2.96. The molecule has 0 fully saturated rings. The molecule has 0 aliphatic carbocycles. The number of hydrogen-bond acceptors (Lipinski definition) is 3. The number of carbonyl (C=O) groups is 2. The van der Waals surface area contributed by atoms with Crippen LogP contribution in [-0.4, -0.2) is 18.9 Å². The number of methoxy groups -OCH3 is 1. The number of nitrogens with one attached hydrogen (secondary N) is 2. The van der Waals surface area contributed by atoms with Gasteiger partial charge in [-0.1, -0.05) is 12.1 Å². The van der Waals surface area contributed by atoms with Gasteiger partial charge in [-0.3, -0.25) is 4.79 Å². The first-order valence-corrected chi connectivity index (χ1v) is 6.85. The molecule has 0 spiro atoms. The summed E-state index contributed by atoms with van der Waals surface area (Å²) < 4.78 is 5.03. The lowest BCUT2D eigenvalue weighted by Crippen LogP contribution is -2.19. The van der Waals surface area contributed by atoms with Crippen molar-refractivity contribution < 1.29 is 14.3 Å². The van der Waals surface area contributed by atoms with E-state index in [4.69, 9.17) is 4.74 Å². The quantitative estimate of drug-likeness (QED) is 0.827. The number of rotatable bonds is 5. The first-order valence-electron chi connectivity index (χ1n) is 6.85. The molecule has 0 unspecified atom stereocenters. The normalized spacial score (nSPS) is 10.1. The summed E-state index contributed by atoms with van der Waals surface area (Å²) >= 11 is 0. The highest BCUT2D eigenvalue weighted by Crippen LogP contribution is 2.13. The lowest BCUT2D eigenvalue weighted by Gasteiger charge is -2.08. The van der Waals surface area contributed by atoms with E-state index in [-0.39, 0.29) is 11.8 Å². The van der Waals surface area contributed by atoms with Crippen LogP contribution >= 0.6 is 0 Å². The van der Waals surface area contributed by atoms with E-state index in [1.807, 2.05) is 24.3 Å². The maximum atomic E-state index is 11.9. The van der Waals surface area contributed by atoms with Crippen LogP contribution in [0.15, 0.2) is 48.5 Å². The van der Waals surface area contributed by atoms with Crippen LogP contribution in [0.2, 0.25) is 0 Å². The van der Waals surface area contributed by atoms with E-state index in [1.165, 1.54) is 6.92 Å². The van der Waals surface area contributed by atoms with Gasteiger partial charge in [-0.05, 0) is 48.9 Å². The third-order valence-corrected chi connectivity index (χ3v) is 3.07. The maximum absolute atomic E-state index is 11.9. The highest BCUT2D eigenvalue weighted by atomic mass is 16.5. The van der Waals surface area contributed by atoms with Crippen LogP contribution in [-0.2, 0) is 11.3 Å². The monoisotopic (exact) mass is 298 g/mol. The zero-order valence-electron chi connectivity index (χ0n) is 12.6. The molecule has 0 atom stereocenters. The number of ketones is 1. The molecule has 0 aliphatic rings. The molecule has 2 aromatic rings. The first-order chi connectivity index (χ1) is 10.6. The van der Waals surface area contributed by atoms with Gasteiger partial charge in [-0.15, -0.1) is 0 Å². The van der Waals surface area contributed by atoms with E-state index < -0.39 is 0 Å². The fourth-order valence-corrected chi connectivity index (χ4v) is 1.93. The molecule has 2 aromatic carbocycles. The Hall–Kier alpha value is -2.66. The Balaban J connectivity index is 1.93. The lowest BCUT2D eigenvalue weighted by atomic mass is 10.1. The average Bonchev–Trinajstić information content (AvgIpc) is 2.50. The van der Waals surface area contributed by atoms with Gasteiger partial charge in [-0.2, -0.15) is 0 Å². The van der Waals surface area contributed by atoms with E-state index >= 15 is 0 Å². The second-order valence-corrected chi connectivity index (χ2v) is 4.84. The molecule has 22 heavy (non-hydrogen) atoms. The number of Topliss-reactive ketones (excluding diaryl/α,β-unsaturated/α-hetero) is 1. The molecule has 0 aliphatic heterocycles. The predicted octanol–water partition coefficient (Wildman–Crippen LogP) is 3.68. The van der Waals surface area contributed by atoms with Gasteiger partial charge in [0, 0.05) is 24.0 Å². The van der Waals surface area contributed by atoms with E-state index in [1.54, 1.807) is 31.4 Å². The van der Waals surface area contributed by atoms with Gasteiger partial charge in [-0.25, -0.2) is 4.79 Å². The highest BCUT2D eigenvalue weighted by Gasteiger charge is 2.04. The minimum absolute atomic E-state index is 0.00727.